The van der Waals surface area contributed by atoms with Crippen LogP contribution in [0.25, 0.3) is 0 Å². The number of nitrogens with zero attached hydrogens (tertiary/aromatic N) is 2. The Labute approximate surface area is 129 Å². The van der Waals surface area contributed by atoms with Crippen LogP contribution in [0.1, 0.15) is 12.0 Å². The molecule has 116 valence electrons. The summed E-state index contributed by atoms with van der Waals surface area (Å²) in [6.45, 7) is 0. The minimum atomic E-state index is -4.50. The molecule has 1 aliphatic rings. The van der Waals surface area contributed by atoms with Gasteiger partial charge in [-0.1, -0.05) is 23.7 Å². The van der Waals surface area contributed by atoms with Crippen molar-refractivity contribution >= 4 is 29.1 Å². The van der Waals surface area contributed by atoms with E-state index < -0.39 is 30.0 Å². The van der Waals surface area contributed by atoms with Crippen molar-refractivity contribution < 1.29 is 18.3 Å². The summed E-state index contributed by atoms with van der Waals surface area (Å²) < 4.78 is 38.2. The number of aliphatic imine (C=N–C) groups is 1. The Kier molecular flexibility index (Phi) is 5.19. The molecule has 0 saturated heterocycles. The lowest BCUT2D eigenvalue weighted by atomic mass is 10.2. The van der Waals surface area contributed by atoms with Crippen molar-refractivity contribution in [1.29, 1.82) is 0 Å². The maximum atomic E-state index is 12.7. The molecule has 0 aliphatic carbocycles. The number of benzene rings is 1. The number of hydrogen-bond acceptors (Lipinski definition) is 4. The summed E-state index contributed by atoms with van der Waals surface area (Å²) in [7, 11) is 1.56. The van der Waals surface area contributed by atoms with Gasteiger partial charge in [-0.25, -0.2) is 0 Å². The number of thioether (sulfide) groups is 1. The lowest BCUT2D eigenvalue weighted by molar-refractivity contribution is -0.0711. The van der Waals surface area contributed by atoms with Crippen molar-refractivity contribution in [3.8, 4) is 0 Å². The summed E-state index contributed by atoms with van der Waals surface area (Å²) in [5.41, 5.74) is -0.746. The highest BCUT2D eigenvalue weighted by atomic mass is 35.5. The molecule has 8 heteroatoms. The van der Waals surface area contributed by atoms with Gasteiger partial charge in [-0.05, 0) is 24.7 Å². The van der Waals surface area contributed by atoms with Crippen molar-refractivity contribution in [2.45, 2.75) is 30.1 Å². The highest BCUT2D eigenvalue weighted by Crippen LogP contribution is 2.31. The molecule has 0 saturated carbocycles. The number of rotatable bonds is 3. The fourth-order valence-electron chi connectivity index (χ4n) is 1.84. The minimum absolute atomic E-state index is 0.480. The van der Waals surface area contributed by atoms with Crippen LogP contribution in [0.2, 0.25) is 5.02 Å². The highest BCUT2D eigenvalue weighted by molar-refractivity contribution is 7.99. The first kappa shape index (κ1) is 16.6. The zero-order valence-corrected chi connectivity index (χ0v) is 12.7. The van der Waals surface area contributed by atoms with Gasteiger partial charge in [0.2, 0.25) is 0 Å². The zero-order chi connectivity index (χ0) is 15.6. The molecule has 3 nitrogen and oxygen atoms in total. The lowest BCUT2D eigenvalue weighted by Crippen LogP contribution is -2.46. The molecule has 2 unspecified atom stereocenters. The van der Waals surface area contributed by atoms with E-state index >= 15 is 0 Å². The zero-order valence-electron chi connectivity index (χ0n) is 11.1. The minimum Gasteiger partial charge on any atom is -0.378 e. The largest absolute Gasteiger partial charge is 0.429 e. The first-order chi connectivity index (χ1) is 9.77. The first-order valence-electron chi connectivity index (χ1n) is 6.17. The van der Waals surface area contributed by atoms with Gasteiger partial charge in [0.1, 0.15) is 11.9 Å². The Balaban J connectivity index is 2.07. The van der Waals surface area contributed by atoms with Crippen LogP contribution in [0.3, 0.4) is 0 Å². The molecule has 0 fully saturated rings. The van der Waals surface area contributed by atoms with Crippen molar-refractivity contribution in [3.05, 3.63) is 34.9 Å². The van der Waals surface area contributed by atoms with Crippen LogP contribution in [-0.2, 0) is 5.75 Å². The van der Waals surface area contributed by atoms with Crippen molar-refractivity contribution in [1.82, 2.24) is 4.90 Å². The summed E-state index contributed by atoms with van der Waals surface area (Å²) in [5, 5.41) is 10.3. The summed E-state index contributed by atoms with van der Waals surface area (Å²) >= 11 is 7.00. The third kappa shape index (κ3) is 4.35. The molecule has 1 heterocycles. The molecule has 0 amide bonds. The monoisotopic (exact) mass is 338 g/mol. The van der Waals surface area contributed by atoms with Gasteiger partial charge in [0.25, 0.3) is 0 Å². The smallest absolute Gasteiger partial charge is 0.378 e. The van der Waals surface area contributed by atoms with E-state index in [0.717, 1.165) is 5.56 Å². The molecule has 0 radical (unpaired) electrons. The molecular weight excluding hydrogens is 325 g/mol. The maximum absolute atomic E-state index is 12.7. The molecule has 0 aromatic heterocycles. The third-order valence-corrected chi connectivity index (χ3v) is 4.59. The van der Waals surface area contributed by atoms with Gasteiger partial charge in [0.05, 0.1) is 0 Å². The third-order valence-electron chi connectivity index (χ3n) is 3.10. The van der Waals surface area contributed by atoms with Gasteiger partial charge >= 0.3 is 6.18 Å². The first-order valence-corrected chi connectivity index (χ1v) is 7.60. The molecule has 1 aliphatic heterocycles. The van der Waals surface area contributed by atoms with Crippen molar-refractivity contribution in [3.63, 3.8) is 0 Å². The molecular formula is C13H14ClF3N2OS. The predicted molar refractivity (Wildman–Crippen MR) is 78.4 cm³/mol. The second-order valence-corrected chi connectivity index (χ2v) is 6.17. The number of halogens is 4. The van der Waals surface area contributed by atoms with Gasteiger partial charge in [0.15, 0.2) is 5.50 Å². The number of aliphatic hydroxyl groups excluding tert-OH is 1. The van der Waals surface area contributed by atoms with E-state index in [9.17, 15) is 18.3 Å². The molecule has 1 N–H and O–H groups in total. The van der Waals surface area contributed by atoms with Crippen LogP contribution >= 0.6 is 23.4 Å². The van der Waals surface area contributed by atoms with E-state index in [2.05, 4.69) is 4.99 Å². The summed E-state index contributed by atoms with van der Waals surface area (Å²) in [6.07, 6.45) is -6.18. The van der Waals surface area contributed by atoms with Gasteiger partial charge in [0, 0.05) is 17.2 Å². The van der Waals surface area contributed by atoms with E-state index in [1.165, 1.54) is 16.7 Å². The van der Waals surface area contributed by atoms with Crippen molar-refractivity contribution in [2.75, 3.05) is 7.05 Å². The Morgan fingerprint density at radius 1 is 1.38 bits per heavy atom. The second kappa shape index (κ2) is 6.56. The number of hydrogen-bond donors (Lipinski definition) is 1. The fourth-order valence-corrected chi connectivity index (χ4v) is 3.07. The molecule has 21 heavy (non-hydrogen) atoms. The Hall–Kier alpha value is -0.760. The van der Waals surface area contributed by atoms with E-state index in [1.54, 1.807) is 19.2 Å². The van der Waals surface area contributed by atoms with Gasteiger partial charge in [-0.3, -0.25) is 9.89 Å². The Morgan fingerprint density at radius 3 is 2.57 bits per heavy atom. The number of aliphatic hydroxyl groups is 1. The second-order valence-electron chi connectivity index (χ2n) is 4.69. The highest BCUT2D eigenvalue weighted by Gasteiger charge is 2.41. The van der Waals surface area contributed by atoms with Gasteiger partial charge in [-0.15, -0.1) is 11.8 Å². The van der Waals surface area contributed by atoms with E-state index in [-0.39, 0.29) is 0 Å². The average molecular weight is 339 g/mol. The lowest BCUT2D eigenvalue weighted by Gasteiger charge is -2.34. The van der Waals surface area contributed by atoms with Crippen LogP contribution in [-0.4, -0.2) is 40.7 Å². The summed E-state index contributed by atoms with van der Waals surface area (Å²) in [6, 6.07) is 7.06. The quantitative estimate of drug-likeness (QED) is 0.916. The summed E-state index contributed by atoms with van der Waals surface area (Å²) in [5.74, 6) is 0.480. The Bertz CT molecular complexity index is 521. The number of alkyl halides is 3. The fraction of sp³-hybridized carbons (Fsp3) is 0.462. The topological polar surface area (TPSA) is 35.8 Å². The maximum Gasteiger partial charge on any atom is 0.429 e. The summed E-state index contributed by atoms with van der Waals surface area (Å²) in [4.78, 5) is 5.14. The predicted octanol–water partition coefficient (Wildman–Crippen LogP) is 3.51. The van der Waals surface area contributed by atoms with Gasteiger partial charge in [-0.2, -0.15) is 13.2 Å². The van der Waals surface area contributed by atoms with E-state index in [1.807, 2.05) is 12.1 Å². The van der Waals surface area contributed by atoms with E-state index in [0.29, 0.717) is 10.8 Å². The average Bonchev–Trinajstić information content (AvgIpc) is 2.41. The van der Waals surface area contributed by atoms with Crippen LogP contribution in [0.15, 0.2) is 29.3 Å². The molecule has 0 bridgehead atoms. The molecule has 2 rings (SSSR count). The van der Waals surface area contributed by atoms with Gasteiger partial charge < -0.3 is 5.11 Å². The van der Waals surface area contributed by atoms with Crippen LogP contribution < -0.4 is 0 Å². The van der Waals surface area contributed by atoms with Crippen LogP contribution in [0.5, 0.6) is 0 Å². The Morgan fingerprint density at radius 2 is 2.00 bits per heavy atom. The van der Waals surface area contributed by atoms with Crippen LogP contribution in [0.4, 0.5) is 13.2 Å². The molecule has 1 aromatic rings. The molecule has 1 aromatic carbocycles. The molecule has 0 spiro atoms. The standard InChI is InChI=1S/C13H14ClF3N2OS/c1-19-11(20)6-10(13(15,16)17)18-12(19)21-7-8-2-4-9(14)5-3-8/h2-5,11-12,20H,6-7H2,1H3. The van der Waals surface area contributed by atoms with Crippen LogP contribution in [0, 0.1) is 0 Å². The van der Waals surface area contributed by atoms with E-state index in [4.69, 9.17) is 11.6 Å². The van der Waals surface area contributed by atoms with Crippen molar-refractivity contribution in [2.24, 2.45) is 4.99 Å². The molecule has 2 atom stereocenters. The SMILES string of the molecule is CN1C(O)CC(C(F)(F)F)=NC1SCc1ccc(Cl)cc1. The normalized spacial score (nSPS) is 24.0.